The van der Waals surface area contributed by atoms with E-state index in [0.29, 0.717) is 6.54 Å². The SMILES string of the molecule is CCOC(=O)N(Cc1ccccc1)[C@@H]([Se]c1ccccc1)[C@H]1COC(=O)O1. The number of rotatable bonds is 7. The van der Waals surface area contributed by atoms with Crippen LogP contribution < -0.4 is 4.46 Å². The van der Waals surface area contributed by atoms with Crippen LogP contribution in [0.2, 0.25) is 0 Å². The number of hydrogen-bond acceptors (Lipinski definition) is 5. The number of carbonyl (C=O) groups is 2. The van der Waals surface area contributed by atoms with E-state index in [9.17, 15) is 9.59 Å². The molecule has 1 saturated heterocycles. The van der Waals surface area contributed by atoms with Gasteiger partial charge in [0.2, 0.25) is 0 Å². The molecule has 2 aromatic carbocycles. The quantitative estimate of drug-likeness (QED) is 0.495. The number of hydrogen-bond donors (Lipinski definition) is 0. The summed E-state index contributed by atoms with van der Waals surface area (Å²) in [7, 11) is 0. The normalized spacial score (nSPS) is 16.9. The zero-order valence-corrected chi connectivity index (χ0v) is 16.7. The second-order valence-corrected chi connectivity index (χ2v) is 8.35. The maximum atomic E-state index is 12.7. The zero-order chi connectivity index (χ0) is 19.1. The summed E-state index contributed by atoms with van der Waals surface area (Å²) in [5.74, 6) is 0. The first-order chi connectivity index (χ1) is 13.2. The summed E-state index contributed by atoms with van der Waals surface area (Å²) >= 11 is -0.165. The van der Waals surface area contributed by atoms with Crippen molar-refractivity contribution in [3.63, 3.8) is 0 Å². The van der Waals surface area contributed by atoms with Crippen molar-refractivity contribution < 1.29 is 23.8 Å². The van der Waals surface area contributed by atoms with Crippen LogP contribution in [-0.4, -0.2) is 56.4 Å². The molecule has 1 aliphatic heterocycles. The molecule has 1 heterocycles. The van der Waals surface area contributed by atoms with E-state index in [0.717, 1.165) is 10.0 Å². The van der Waals surface area contributed by atoms with Crippen molar-refractivity contribution in [3.05, 3.63) is 66.2 Å². The van der Waals surface area contributed by atoms with Crippen LogP contribution in [0.4, 0.5) is 9.59 Å². The average molecular weight is 434 g/mol. The maximum absolute atomic E-state index is 12.7. The van der Waals surface area contributed by atoms with Crippen LogP contribution in [0.5, 0.6) is 0 Å². The molecule has 0 saturated carbocycles. The molecule has 0 unspecified atom stereocenters. The summed E-state index contributed by atoms with van der Waals surface area (Å²) in [5, 5.41) is 0. The Bertz CT molecular complexity index is 755. The molecule has 3 rings (SSSR count). The molecule has 1 amide bonds. The molecule has 2 aromatic rings. The summed E-state index contributed by atoms with van der Waals surface area (Å²) in [5.41, 5.74) is 0.977. The Hall–Kier alpha value is -2.50. The molecule has 6 nitrogen and oxygen atoms in total. The van der Waals surface area contributed by atoms with Gasteiger partial charge in [-0.2, -0.15) is 0 Å². The van der Waals surface area contributed by atoms with Gasteiger partial charge in [-0.3, -0.25) is 0 Å². The Balaban J connectivity index is 1.89. The first-order valence-electron chi connectivity index (χ1n) is 8.70. The summed E-state index contributed by atoms with van der Waals surface area (Å²) in [6.45, 7) is 2.54. The van der Waals surface area contributed by atoms with Gasteiger partial charge in [-0.05, 0) is 0 Å². The van der Waals surface area contributed by atoms with Gasteiger partial charge in [-0.1, -0.05) is 0 Å². The van der Waals surface area contributed by atoms with Crippen molar-refractivity contribution in [1.29, 1.82) is 0 Å². The monoisotopic (exact) mass is 435 g/mol. The van der Waals surface area contributed by atoms with Gasteiger partial charge in [0, 0.05) is 0 Å². The van der Waals surface area contributed by atoms with Gasteiger partial charge in [-0.15, -0.1) is 0 Å². The van der Waals surface area contributed by atoms with Gasteiger partial charge in [0.15, 0.2) is 0 Å². The van der Waals surface area contributed by atoms with Crippen LogP contribution in [-0.2, 0) is 20.8 Å². The second kappa shape index (κ2) is 9.44. The fourth-order valence-corrected chi connectivity index (χ4v) is 5.15. The van der Waals surface area contributed by atoms with Crippen LogP contribution in [0.15, 0.2) is 60.7 Å². The number of ether oxygens (including phenoxy) is 3. The van der Waals surface area contributed by atoms with Gasteiger partial charge in [0.1, 0.15) is 0 Å². The predicted molar refractivity (Wildman–Crippen MR) is 101 cm³/mol. The van der Waals surface area contributed by atoms with E-state index in [-0.39, 0.29) is 33.1 Å². The molecule has 2 atom stereocenters. The van der Waals surface area contributed by atoms with E-state index < -0.39 is 18.4 Å². The Kier molecular flexibility index (Phi) is 6.74. The predicted octanol–water partition coefficient (Wildman–Crippen LogP) is 2.54. The van der Waals surface area contributed by atoms with Crippen molar-refractivity contribution in [1.82, 2.24) is 4.90 Å². The molecule has 0 bridgehead atoms. The van der Waals surface area contributed by atoms with Crippen molar-refractivity contribution in [3.8, 4) is 0 Å². The fraction of sp³-hybridized carbons (Fsp3) is 0.300. The average Bonchev–Trinajstić information content (AvgIpc) is 3.12. The molecule has 1 aliphatic rings. The van der Waals surface area contributed by atoms with Crippen molar-refractivity contribution in [2.75, 3.05) is 13.2 Å². The minimum atomic E-state index is -0.697. The Morgan fingerprint density at radius 1 is 1.19 bits per heavy atom. The fourth-order valence-electron chi connectivity index (χ4n) is 2.71. The number of amides is 1. The third-order valence-corrected chi connectivity index (χ3v) is 6.76. The third-order valence-electron chi connectivity index (χ3n) is 3.94. The molecule has 0 aromatic heterocycles. The number of cyclic esters (lactones) is 2. The Morgan fingerprint density at radius 3 is 2.44 bits per heavy atom. The third kappa shape index (κ3) is 5.25. The van der Waals surface area contributed by atoms with E-state index in [1.54, 1.807) is 11.8 Å². The van der Waals surface area contributed by atoms with Crippen molar-refractivity contribution in [2.24, 2.45) is 0 Å². The van der Waals surface area contributed by atoms with Crippen molar-refractivity contribution >= 4 is 31.7 Å². The van der Waals surface area contributed by atoms with E-state index >= 15 is 0 Å². The Labute approximate surface area is 164 Å². The zero-order valence-electron chi connectivity index (χ0n) is 14.9. The number of carbonyl (C=O) groups excluding carboxylic acids is 2. The molecule has 0 aliphatic carbocycles. The van der Waals surface area contributed by atoms with Crippen LogP contribution >= 0.6 is 0 Å². The summed E-state index contributed by atoms with van der Waals surface area (Å²) in [6, 6.07) is 19.6. The first-order valence-corrected chi connectivity index (χ1v) is 10.5. The van der Waals surface area contributed by atoms with E-state index in [4.69, 9.17) is 14.2 Å². The van der Waals surface area contributed by atoms with Gasteiger partial charge in [0.05, 0.1) is 0 Å². The molecule has 7 heteroatoms. The molecular formula is C20H21NO5Se. The van der Waals surface area contributed by atoms with E-state index in [1.165, 1.54) is 0 Å². The summed E-state index contributed by atoms with van der Waals surface area (Å²) in [4.78, 5) is 25.6. The standard InChI is InChI=1S/C20H21NO5Se/c1-2-24-19(22)21(13-15-9-5-3-6-10-15)18(17-14-25-20(23)26-17)27-16-11-7-4-8-12-16/h3-12,17-18H,2,13-14H2,1H3/t17-,18+/m1/s1. The van der Waals surface area contributed by atoms with Crippen molar-refractivity contribution in [2.45, 2.75) is 24.5 Å². The van der Waals surface area contributed by atoms with Gasteiger partial charge in [0.25, 0.3) is 0 Å². The van der Waals surface area contributed by atoms with Gasteiger partial charge >= 0.3 is 164 Å². The van der Waals surface area contributed by atoms with E-state index in [2.05, 4.69) is 0 Å². The first kappa shape index (κ1) is 19.3. The van der Waals surface area contributed by atoms with Crippen LogP contribution in [0, 0.1) is 0 Å². The van der Waals surface area contributed by atoms with Crippen LogP contribution in [0.1, 0.15) is 12.5 Å². The number of benzene rings is 2. The summed E-state index contributed by atoms with van der Waals surface area (Å²) < 4.78 is 16.7. The molecule has 0 radical (unpaired) electrons. The van der Waals surface area contributed by atoms with Gasteiger partial charge < -0.3 is 0 Å². The van der Waals surface area contributed by atoms with Crippen LogP contribution in [0.25, 0.3) is 0 Å². The molecule has 27 heavy (non-hydrogen) atoms. The summed E-state index contributed by atoms with van der Waals surface area (Å²) in [6.07, 6.45) is -1.64. The number of nitrogens with zero attached hydrogens (tertiary/aromatic N) is 1. The molecule has 1 fully saturated rings. The Morgan fingerprint density at radius 2 is 1.85 bits per heavy atom. The molecule has 0 N–H and O–H groups in total. The van der Waals surface area contributed by atoms with Crippen LogP contribution in [0.3, 0.4) is 0 Å². The second-order valence-electron chi connectivity index (χ2n) is 5.85. The van der Waals surface area contributed by atoms with E-state index in [1.807, 2.05) is 60.7 Å². The molecule has 142 valence electrons. The van der Waals surface area contributed by atoms with Gasteiger partial charge in [-0.25, -0.2) is 0 Å². The topological polar surface area (TPSA) is 65.1 Å². The minimum absolute atomic E-state index is 0.128. The molecular weight excluding hydrogens is 413 g/mol. The molecule has 0 spiro atoms.